The Kier molecular flexibility index (Phi) is 2.43. The van der Waals surface area contributed by atoms with Crippen LogP contribution in [0.4, 0.5) is 0 Å². The summed E-state index contributed by atoms with van der Waals surface area (Å²) in [6.45, 7) is 3.41. The van der Waals surface area contributed by atoms with Gasteiger partial charge in [-0.25, -0.2) is 4.98 Å². The number of hydrogen-bond donors (Lipinski definition) is 0. The van der Waals surface area contributed by atoms with Gasteiger partial charge in [0.25, 0.3) is 0 Å². The summed E-state index contributed by atoms with van der Waals surface area (Å²) in [6.07, 6.45) is 5.15. The molecule has 0 aliphatic rings. The van der Waals surface area contributed by atoms with E-state index in [0.29, 0.717) is 0 Å². The Hall–Kier alpha value is -1.38. The third-order valence-electron chi connectivity index (χ3n) is 1.59. The molecule has 0 unspecified atom stereocenters. The van der Waals surface area contributed by atoms with Gasteiger partial charge in [-0.05, 0) is 25.5 Å². The summed E-state index contributed by atoms with van der Waals surface area (Å²) in [5.74, 6) is 0.890. The van der Waals surface area contributed by atoms with Crippen LogP contribution in [0.2, 0.25) is 0 Å². The van der Waals surface area contributed by atoms with Gasteiger partial charge in [0.1, 0.15) is 5.82 Å². The van der Waals surface area contributed by atoms with Gasteiger partial charge in [0.15, 0.2) is 5.78 Å². The van der Waals surface area contributed by atoms with Crippen molar-refractivity contribution in [3.8, 4) is 0 Å². The second-order valence-electron chi connectivity index (χ2n) is 2.80. The smallest absolute Gasteiger partial charge is 0.153 e. The zero-order chi connectivity index (χ0) is 9.14. The number of allylic oxidation sites excluding steroid dienone is 2. The molecule has 0 radical (unpaired) electrons. The minimum absolute atomic E-state index is 0.0514. The van der Waals surface area contributed by atoms with Crippen LogP contribution in [0.1, 0.15) is 19.7 Å². The van der Waals surface area contributed by atoms with E-state index in [1.54, 1.807) is 12.3 Å². The van der Waals surface area contributed by atoms with Crippen molar-refractivity contribution >= 4 is 11.4 Å². The Morgan fingerprint density at radius 2 is 2.25 bits per heavy atom. The number of ketones is 1. The van der Waals surface area contributed by atoms with Gasteiger partial charge in [0, 0.05) is 19.4 Å². The number of aryl methyl sites for hydroxylation is 1. The molecule has 12 heavy (non-hydrogen) atoms. The molecule has 1 rings (SSSR count). The van der Waals surface area contributed by atoms with Crippen LogP contribution >= 0.6 is 0 Å². The Labute approximate surface area is 71.7 Å². The van der Waals surface area contributed by atoms with Gasteiger partial charge in [-0.1, -0.05) is 0 Å². The molecule has 3 heteroatoms. The summed E-state index contributed by atoms with van der Waals surface area (Å²) in [4.78, 5) is 14.9. The largest absolute Gasteiger partial charge is 0.334 e. The molecule has 0 spiro atoms. The normalized spacial score (nSPS) is 11.8. The molecule has 0 fully saturated rings. The van der Waals surface area contributed by atoms with Gasteiger partial charge in [-0.2, -0.15) is 0 Å². The van der Waals surface area contributed by atoms with Crippen LogP contribution in [0, 0.1) is 0 Å². The van der Waals surface area contributed by atoms with Crippen molar-refractivity contribution in [2.24, 2.45) is 7.05 Å². The Morgan fingerprint density at radius 3 is 2.67 bits per heavy atom. The molecule has 1 heterocycles. The number of nitrogens with zero attached hydrogens (tertiary/aromatic N) is 2. The summed E-state index contributed by atoms with van der Waals surface area (Å²) < 4.78 is 1.88. The van der Waals surface area contributed by atoms with Gasteiger partial charge in [0.05, 0.1) is 0 Å². The topological polar surface area (TPSA) is 34.9 Å². The van der Waals surface area contributed by atoms with Crippen LogP contribution in [-0.2, 0) is 11.8 Å². The highest BCUT2D eigenvalue weighted by molar-refractivity contribution is 5.93. The predicted octanol–water partition coefficient (Wildman–Crippen LogP) is 1.41. The van der Waals surface area contributed by atoms with Crippen molar-refractivity contribution in [2.75, 3.05) is 0 Å². The maximum absolute atomic E-state index is 10.7. The Morgan fingerprint density at radius 1 is 1.58 bits per heavy atom. The number of rotatable bonds is 2. The first-order valence-electron chi connectivity index (χ1n) is 3.78. The zero-order valence-electron chi connectivity index (χ0n) is 7.53. The standard InChI is InChI=1S/C9H12N2O/c1-7(6-8(2)12)9-10-4-5-11(9)3/h4-6H,1-3H3/b7-6-. The lowest BCUT2D eigenvalue weighted by Gasteiger charge is -1.99. The zero-order valence-corrected chi connectivity index (χ0v) is 7.53. The SMILES string of the molecule is CC(=O)/C=C(/C)c1nccn1C. The molecule has 0 amide bonds. The molecular weight excluding hydrogens is 152 g/mol. The summed E-state index contributed by atoms with van der Waals surface area (Å²) >= 11 is 0. The highest BCUT2D eigenvalue weighted by Crippen LogP contribution is 2.09. The average molecular weight is 164 g/mol. The first-order chi connectivity index (χ1) is 5.61. The van der Waals surface area contributed by atoms with Gasteiger partial charge < -0.3 is 4.57 Å². The summed E-state index contributed by atoms with van der Waals surface area (Å²) in [5, 5.41) is 0. The van der Waals surface area contributed by atoms with Crippen LogP contribution in [-0.4, -0.2) is 15.3 Å². The van der Waals surface area contributed by atoms with Crippen molar-refractivity contribution in [1.29, 1.82) is 0 Å². The maximum Gasteiger partial charge on any atom is 0.153 e. The molecule has 0 aliphatic heterocycles. The molecule has 3 nitrogen and oxygen atoms in total. The summed E-state index contributed by atoms with van der Waals surface area (Å²) in [6, 6.07) is 0. The Balaban J connectivity index is 2.99. The molecule has 0 bridgehead atoms. The van der Waals surface area contributed by atoms with Gasteiger partial charge >= 0.3 is 0 Å². The molecule has 0 aromatic carbocycles. The van der Waals surface area contributed by atoms with Crippen molar-refractivity contribution in [3.05, 3.63) is 24.3 Å². The number of aromatic nitrogens is 2. The third kappa shape index (κ3) is 1.81. The monoisotopic (exact) mass is 164 g/mol. The van der Waals surface area contributed by atoms with Gasteiger partial charge in [-0.15, -0.1) is 0 Å². The third-order valence-corrected chi connectivity index (χ3v) is 1.59. The molecule has 0 saturated heterocycles. The highest BCUT2D eigenvalue weighted by Gasteiger charge is 2.01. The summed E-state index contributed by atoms with van der Waals surface area (Å²) in [5.41, 5.74) is 0.898. The molecular formula is C9H12N2O. The number of carbonyl (C=O) groups is 1. The fourth-order valence-corrected chi connectivity index (χ4v) is 1.12. The van der Waals surface area contributed by atoms with Crippen molar-refractivity contribution in [1.82, 2.24) is 9.55 Å². The van der Waals surface area contributed by atoms with Crippen LogP contribution in [0.5, 0.6) is 0 Å². The molecule has 0 N–H and O–H groups in total. The van der Waals surface area contributed by atoms with Crippen molar-refractivity contribution in [2.45, 2.75) is 13.8 Å². The van der Waals surface area contributed by atoms with E-state index in [1.807, 2.05) is 24.7 Å². The lowest BCUT2D eigenvalue weighted by atomic mass is 10.2. The maximum atomic E-state index is 10.7. The van der Waals surface area contributed by atoms with E-state index in [4.69, 9.17) is 0 Å². The van der Waals surface area contributed by atoms with E-state index in [-0.39, 0.29) is 5.78 Å². The van der Waals surface area contributed by atoms with Crippen LogP contribution < -0.4 is 0 Å². The molecule has 64 valence electrons. The molecule has 1 aromatic rings. The molecule has 0 aliphatic carbocycles. The first-order valence-corrected chi connectivity index (χ1v) is 3.78. The van der Waals surface area contributed by atoms with Gasteiger partial charge in [-0.3, -0.25) is 4.79 Å². The fraction of sp³-hybridized carbons (Fsp3) is 0.333. The van der Waals surface area contributed by atoms with Crippen LogP contribution in [0.25, 0.3) is 5.57 Å². The fourth-order valence-electron chi connectivity index (χ4n) is 1.12. The quantitative estimate of drug-likeness (QED) is 0.619. The minimum Gasteiger partial charge on any atom is -0.334 e. The van der Waals surface area contributed by atoms with E-state index in [2.05, 4.69) is 4.98 Å². The van der Waals surface area contributed by atoms with E-state index < -0.39 is 0 Å². The second kappa shape index (κ2) is 3.34. The molecule has 1 aromatic heterocycles. The minimum atomic E-state index is 0.0514. The van der Waals surface area contributed by atoms with E-state index in [1.165, 1.54) is 6.92 Å². The predicted molar refractivity (Wildman–Crippen MR) is 47.5 cm³/mol. The average Bonchev–Trinajstić information content (AvgIpc) is 2.33. The van der Waals surface area contributed by atoms with Gasteiger partial charge in [0.2, 0.25) is 0 Å². The van der Waals surface area contributed by atoms with E-state index in [9.17, 15) is 4.79 Å². The van der Waals surface area contributed by atoms with Crippen molar-refractivity contribution in [3.63, 3.8) is 0 Å². The molecule has 0 atom stereocenters. The van der Waals surface area contributed by atoms with Crippen LogP contribution in [0.15, 0.2) is 18.5 Å². The van der Waals surface area contributed by atoms with E-state index >= 15 is 0 Å². The second-order valence-corrected chi connectivity index (χ2v) is 2.80. The van der Waals surface area contributed by atoms with Crippen LogP contribution in [0.3, 0.4) is 0 Å². The highest BCUT2D eigenvalue weighted by atomic mass is 16.1. The number of carbonyl (C=O) groups excluding carboxylic acids is 1. The van der Waals surface area contributed by atoms with E-state index in [0.717, 1.165) is 11.4 Å². The Bertz CT molecular complexity index is 323. The van der Waals surface area contributed by atoms with Crippen molar-refractivity contribution < 1.29 is 4.79 Å². The number of imidazole rings is 1. The summed E-state index contributed by atoms with van der Waals surface area (Å²) in [7, 11) is 1.90. The lowest BCUT2D eigenvalue weighted by molar-refractivity contribution is -0.112. The molecule has 0 saturated carbocycles. The number of hydrogen-bond acceptors (Lipinski definition) is 2. The first kappa shape index (κ1) is 8.71. The lowest BCUT2D eigenvalue weighted by Crippen LogP contribution is -1.95.